The molecule has 1 nitrogen and oxygen atoms in total. The van der Waals surface area contributed by atoms with Gasteiger partial charge in [0.25, 0.3) is 0 Å². The van der Waals surface area contributed by atoms with E-state index in [4.69, 9.17) is 4.42 Å². The Kier molecular flexibility index (Phi) is 9.02. The van der Waals surface area contributed by atoms with Crippen LogP contribution < -0.4 is 0 Å². The Hall–Kier alpha value is -2.73. The first-order valence-electron chi connectivity index (χ1n) is 11.2. The topological polar surface area (TPSA) is 11.3 Å². The lowest BCUT2D eigenvalue weighted by Gasteiger charge is -2.05. The molecule has 37 heavy (non-hydrogen) atoms. The van der Waals surface area contributed by atoms with Gasteiger partial charge in [0.2, 0.25) is 0 Å². The molecule has 5 rings (SSSR count). The highest BCUT2D eigenvalue weighted by Crippen LogP contribution is 2.34. The van der Waals surface area contributed by atoms with Crippen molar-refractivity contribution in [1.29, 1.82) is 0 Å². The summed E-state index contributed by atoms with van der Waals surface area (Å²) < 4.78 is 47.8. The van der Waals surface area contributed by atoms with Crippen molar-refractivity contribution in [2.75, 3.05) is 0 Å². The second kappa shape index (κ2) is 12.2. The number of hydrogen-bond acceptors (Lipinski definition) is 0. The highest BCUT2D eigenvalue weighted by Gasteiger charge is 2.21. The maximum Gasteiger partial charge on any atom is 0.673 e. The lowest BCUT2D eigenvalue weighted by molar-refractivity contribution is 0.368. The van der Waals surface area contributed by atoms with E-state index in [1.54, 1.807) is 0 Å². The molecule has 0 saturated heterocycles. The summed E-state index contributed by atoms with van der Waals surface area (Å²) in [6.07, 6.45) is 0. The minimum atomic E-state index is -6.00. The van der Waals surface area contributed by atoms with Crippen molar-refractivity contribution in [1.82, 2.24) is 0 Å². The van der Waals surface area contributed by atoms with Gasteiger partial charge in [-0.15, -0.1) is 0 Å². The van der Waals surface area contributed by atoms with Crippen molar-refractivity contribution < 1.29 is 21.7 Å². The normalized spacial score (nSPS) is 11.0. The minimum Gasteiger partial charge on any atom is -0.418 e. The summed E-state index contributed by atoms with van der Waals surface area (Å²) in [7, 11) is -6.00. The van der Waals surface area contributed by atoms with Crippen LogP contribution in [0, 0.1) is 7.14 Å². The first-order valence-corrected chi connectivity index (χ1v) is 13.3. The number of rotatable bonds is 4. The molecule has 0 N–H and O–H groups in total. The first-order chi connectivity index (χ1) is 17.7. The van der Waals surface area contributed by atoms with Crippen LogP contribution >= 0.6 is 45.2 Å². The Balaban J connectivity index is 0.000000586. The van der Waals surface area contributed by atoms with Crippen molar-refractivity contribution in [2.45, 2.75) is 0 Å². The average Bonchev–Trinajstić information content (AvgIpc) is 2.89. The Labute approximate surface area is 240 Å². The lowest BCUT2D eigenvalue weighted by atomic mass is 9.98. The number of halogens is 6. The fraction of sp³-hybridized carbons (Fsp3) is 0. The molecule has 8 heteroatoms. The highest BCUT2D eigenvalue weighted by molar-refractivity contribution is 14.1. The molecule has 1 heterocycles. The first kappa shape index (κ1) is 27.3. The lowest BCUT2D eigenvalue weighted by Crippen LogP contribution is -2.02. The summed E-state index contributed by atoms with van der Waals surface area (Å²) in [5.74, 6) is 1.72. The van der Waals surface area contributed by atoms with Gasteiger partial charge in [-0.05, 0) is 110 Å². The predicted octanol–water partition coefficient (Wildman–Crippen LogP) is 10.7. The van der Waals surface area contributed by atoms with Crippen LogP contribution in [0.15, 0.2) is 120 Å². The minimum absolute atomic E-state index is 0.861. The van der Waals surface area contributed by atoms with E-state index in [-0.39, 0.29) is 0 Å². The maximum atomic E-state index is 9.75. The second-order valence-corrected chi connectivity index (χ2v) is 10.5. The van der Waals surface area contributed by atoms with Gasteiger partial charge >= 0.3 is 18.8 Å². The Morgan fingerprint density at radius 1 is 0.432 bits per heavy atom. The summed E-state index contributed by atoms with van der Waals surface area (Å²) in [4.78, 5) is 0. The van der Waals surface area contributed by atoms with Gasteiger partial charge in [-0.2, -0.15) is 0 Å². The van der Waals surface area contributed by atoms with Crippen molar-refractivity contribution in [3.05, 3.63) is 122 Å². The Morgan fingerprint density at radius 2 is 0.757 bits per heavy atom. The third kappa shape index (κ3) is 8.13. The number of benzene rings is 4. The van der Waals surface area contributed by atoms with Gasteiger partial charge in [-0.25, -0.2) is 4.42 Å². The molecule has 0 fully saturated rings. The van der Waals surface area contributed by atoms with Gasteiger partial charge in [0, 0.05) is 12.7 Å². The zero-order chi connectivity index (χ0) is 26.4. The van der Waals surface area contributed by atoms with E-state index in [0.29, 0.717) is 0 Å². The molecule has 0 aliphatic rings. The van der Waals surface area contributed by atoms with Gasteiger partial charge in [0.15, 0.2) is 0 Å². The third-order valence-electron chi connectivity index (χ3n) is 5.38. The third-order valence-corrected chi connectivity index (χ3v) is 6.81. The summed E-state index contributed by atoms with van der Waals surface area (Å²) in [5, 5.41) is 0. The molecule has 0 spiro atoms. The zero-order valence-electron chi connectivity index (χ0n) is 19.2. The summed E-state index contributed by atoms with van der Waals surface area (Å²) in [6, 6.07) is 40.4. The maximum absolute atomic E-state index is 9.75. The Bertz CT molecular complexity index is 1390. The molecule has 0 bridgehead atoms. The van der Waals surface area contributed by atoms with Crippen molar-refractivity contribution in [2.24, 2.45) is 0 Å². The van der Waals surface area contributed by atoms with E-state index >= 15 is 0 Å². The van der Waals surface area contributed by atoms with Gasteiger partial charge in [0.1, 0.15) is 0 Å². The van der Waals surface area contributed by atoms with Crippen molar-refractivity contribution in [3.63, 3.8) is 0 Å². The zero-order valence-corrected chi connectivity index (χ0v) is 23.5. The molecule has 4 aromatic carbocycles. The molecule has 0 saturated carbocycles. The van der Waals surface area contributed by atoms with Crippen LogP contribution in [0.4, 0.5) is 17.3 Å². The van der Waals surface area contributed by atoms with Crippen LogP contribution in [-0.4, -0.2) is 7.25 Å². The fourth-order valence-corrected chi connectivity index (χ4v) is 4.39. The molecule has 0 amide bonds. The van der Waals surface area contributed by atoms with Gasteiger partial charge < -0.3 is 17.3 Å². The van der Waals surface area contributed by atoms with Crippen LogP contribution in [0.5, 0.6) is 0 Å². The standard InChI is InChI=1S/C29H19I2O.BF4/c30-26-14-10-23(11-15-26)28-18-25(19-29(32-28)24-12-16-27(31)17-13-24)22-8-6-21(7-9-22)20-4-2-1-3-5-20;2-1(3,4)5/h1-19H;/q+1;-1. The molecule has 0 unspecified atom stereocenters. The van der Waals surface area contributed by atoms with Gasteiger partial charge in [-0.3, -0.25) is 0 Å². The van der Waals surface area contributed by atoms with Crippen LogP contribution in [0.3, 0.4) is 0 Å². The molecular weight excluding hydrogens is 705 g/mol. The largest absolute Gasteiger partial charge is 0.673 e. The SMILES string of the molecule is F[B-](F)(F)F.Ic1ccc(-c2cc(-c3ccc(-c4ccccc4)cc3)cc(-c3ccc(I)cc3)[o+]2)cc1. The van der Waals surface area contributed by atoms with Crippen LogP contribution in [0.2, 0.25) is 0 Å². The molecule has 0 radical (unpaired) electrons. The van der Waals surface area contributed by atoms with Crippen LogP contribution in [0.25, 0.3) is 44.9 Å². The average molecular weight is 724 g/mol. The molecule has 0 aliphatic heterocycles. The molecule has 5 aromatic rings. The van der Waals surface area contributed by atoms with E-state index in [9.17, 15) is 17.3 Å². The highest BCUT2D eigenvalue weighted by atomic mass is 127. The van der Waals surface area contributed by atoms with Crippen LogP contribution in [-0.2, 0) is 0 Å². The molecule has 0 atom stereocenters. The second-order valence-electron chi connectivity index (χ2n) is 8.03. The molecule has 186 valence electrons. The monoisotopic (exact) mass is 724 g/mol. The van der Waals surface area contributed by atoms with Crippen molar-refractivity contribution in [3.8, 4) is 44.9 Å². The van der Waals surface area contributed by atoms with E-state index in [0.717, 1.165) is 28.2 Å². The van der Waals surface area contributed by atoms with Gasteiger partial charge in [0.05, 0.1) is 23.3 Å². The van der Waals surface area contributed by atoms with Crippen molar-refractivity contribution >= 4 is 52.4 Å². The van der Waals surface area contributed by atoms with Crippen LogP contribution in [0.1, 0.15) is 0 Å². The molecule has 1 aromatic heterocycles. The summed E-state index contributed by atoms with van der Waals surface area (Å²) in [6.45, 7) is 0. The quantitative estimate of drug-likeness (QED) is 0.0778. The summed E-state index contributed by atoms with van der Waals surface area (Å²) >= 11 is 4.65. The van der Waals surface area contributed by atoms with E-state index in [1.807, 2.05) is 6.07 Å². The molecular formula is C29H19BF4I2O. The smallest absolute Gasteiger partial charge is 0.418 e. The molecule has 0 aliphatic carbocycles. The Morgan fingerprint density at radius 3 is 1.16 bits per heavy atom. The fourth-order valence-electron chi connectivity index (χ4n) is 3.67. The van der Waals surface area contributed by atoms with Gasteiger partial charge in [-0.1, -0.05) is 54.6 Å². The number of hydrogen-bond donors (Lipinski definition) is 0. The summed E-state index contributed by atoms with van der Waals surface area (Å²) in [5.41, 5.74) is 6.88. The van der Waals surface area contributed by atoms with E-state index in [1.165, 1.54) is 23.8 Å². The van der Waals surface area contributed by atoms with E-state index in [2.05, 4.69) is 154 Å². The predicted molar refractivity (Wildman–Crippen MR) is 160 cm³/mol. The van der Waals surface area contributed by atoms with E-state index < -0.39 is 7.25 Å².